The number of nitrogens with zero attached hydrogens (tertiary/aromatic N) is 2. The van der Waals surface area contributed by atoms with Crippen molar-refractivity contribution >= 4 is 17.5 Å². The maximum Gasteiger partial charge on any atom is 0.267 e. The zero-order valence-electron chi connectivity index (χ0n) is 14.1. The van der Waals surface area contributed by atoms with Crippen molar-refractivity contribution in [1.82, 2.24) is 15.1 Å². The molecule has 0 radical (unpaired) electrons. The van der Waals surface area contributed by atoms with Crippen LogP contribution in [-0.2, 0) is 17.8 Å². The van der Waals surface area contributed by atoms with Gasteiger partial charge < -0.3 is 5.32 Å². The minimum atomic E-state index is -0.334. The van der Waals surface area contributed by atoms with E-state index < -0.39 is 0 Å². The van der Waals surface area contributed by atoms with Crippen molar-refractivity contribution in [3.63, 3.8) is 0 Å². The molecule has 0 bridgehead atoms. The molecular formula is C20H18ClN3O2. The first-order valence-corrected chi connectivity index (χ1v) is 8.65. The van der Waals surface area contributed by atoms with Gasteiger partial charge in [-0.1, -0.05) is 60.1 Å². The summed E-state index contributed by atoms with van der Waals surface area (Å²) in [6.07, 6.45) is 0.731. The topological polar surface area (TPSA) is 64.0 Å². The second kappa shape index (κ2) is 8.45. The van der Waals surface area contributed by atoms with Crippen LogP contribution < -0.4 is 10.9 Å². The molecule has 1 amide bonds. The lowest BCUT2D eigenvalue weighted by atomic mass is 10.1. The Hall–Kier alpha value is -2.92. The highest BCUT2D eigenvalue weighted by atomic mass is 35.5. The number of rotatable bonds is 6. The molecule has 0 spiro atoms. The maximum atomic E-state index is 12.1. The maximum absolute atomic E-state index is 12.1. The second-order valence-corrected chi connectivity index (χ2v) is 6.19. The molecule has 26 heavy (non-hydrogen) atoms. The van der Waals surface area contributed by atoms with E-state index in [0.29, 0.717) is 22.8 Å². The van der Waals surface area contributed by atoms with Crippen molar-refractivity contribution in [2.75, 3.05) is 6.54 Å². The fraction of sp³-hybridized carbons (Fsp3) is 0.150. The van der Waals surface area contributed by atoms with Gasteiger partial charge in [-0.3, -0.25) is 9.59 Å². The van der Waals surface area contributed by atoms with Crippen LogP contribution in [0.4, 0.5) is 0 Å². The van der Waals surface area contributed by atoms with Crippen molar-refractivity contribution in [3.8, 4) is 11.3 Å². The number of benzene rings is 2. The number of halogens is 1. The molecule has 0 saturated carbocycles. The lowest BCUT2D eigenvalue weighted by molar-refractivity contribution is -0.121. The monoisotopic (exact) mass is 367 g/mol. The van der Waals surface area contributed by atoms with Crippen LogP contribution in [0, 0.1) is 0 Å². The largest absolute Gasteiger partial charge is 0.354 e. The zero-order chi connectivity index (χ0) is 18.4. The normalized spacial score (nSPS) is 10.5. The Morgan fingerprint density at radius 2 is 1.73 bits per heavy atom. The average molecular weight is 368 g/mol. The predicted octanol–water partition coefficient (Wildman–Crippen LogP) is 2.92. The molecule has 3 aromatic rings. The zero-order valence-corrected chi connectivity index (χ0v) is 14.8. The van der Waals surface area contributed by atoms with Crippen LogP contribution in [0.25, 0.3) is 11.3 Å². The van der Waals surface area contributed by atoms with E-state index in [9.17, 15) is 9.59 Å². The van der Waals surface area contributed by atoms with Crippen LogP contribution in [-0.4, -0.2) is 22.2 Å². The highest BCUT2D eigenvalue weighted by Gasteiger charge is 2.09. The lowest BCUT2D eigenvalue weighted by Crippen LogP contribution is -2.34. The van der Waals surface area contributed by atoms with E-state index in [1.165, 1.54) is 6.07 Å². The first-order chi connectivity index (χ1) is 12.6. The Kier molecular flexibility index (Phi) is 5.81. The molecule has 0 fully saturated rings. The molecule has 1 heterocycles. The van der Waals surface area contributed by atoms with Gasteiger partial charge in [0.1, 0.15) is 6.54 Å². The van der Waals surface area contributed by atoms with E-state index >= 15 is 0 Å². The summed E-state index contributed by atoms with van der Waals surface area (Å²) in [6, 6.07) is 20.1. The third-order valence-electron chi connectivity index (χ3n) is 3.89. The number of hydrogen-bond donors (Lipinski definition) is 1. The number of nitrogens with one attached hydrogen (secondary N) is 1. The van der Waals surface area contributed by atoms with E-state index in [4.69, 9.17) is 11.6 Å². The van der Waals surface area contributed by atoms with E-state index in [1.807, 2.05) is 48.5 Å². The summed E-state index contributed by atoms with van der Waals surface area (Å²) in [7, 11) is 0. The third-order valence-corrected chi connectivity index (χ3v) is 4.22. The molecule has 132 valence electrons. The van der Waals surface area contributed by atoms with Gasteiger partial charge in [0.25, 0.3) is 5.56 Å². The first kappa shape index (κ1) is 17.9. The van der Waals surface area contributed by atoms with Crippen molar-refractivity contribution in [2.45, 2.75) is 13.0 Å². The number of hydrogen-bond acceptors (Lipinski definition) is 3. The Bertz CT molecular complexity index is 955. The minimum Gasteiger partial charge on any atom is -0.354 e. The average Bonchev–Trinajstić information content (AvgIpc) is 2.65. The number of aromatic nitrogens is 2. The Morgan fingerprint density at radius 3 is 2.50 bits per heavy atom. The van der Waals surface area contributed by atoms with Gasteiger partial charge in [0.2, 0.25) is 5.91 Å². The fourth-order valence-electron chi connectivity index (χ4n) is 2.56. The summed E-state index contributed by atoms with van der Waals surface area (Å²) in [5.74, 6) is -0.258. The van der Waals surface area contributed by atoms with E-state index in [0.717, 1.165) is 16.7 Å². The predicted molar refractivity (Wildman–Crippen MR) is 102 cm³/mol. The Balaban J connectivity index is 1.65. The second-order valence-electron chi connectivity index (χ2n) is 5.78. The van der Waals surface area contributed by atoms with Gasteiger partial charge in [-0.25, -0.2) is 4.68 Å². The Morgan fingerprint density at radius 1 is 1.00 bits per heavy atom. The molecule has 0 aliphatic heterocycles. The van der Waals surface area contributed by atoms with Crippen molar-refractivity contribution < 1.29 is 4.79 Å². The molecule has 1 aromatic heterocycles. The lowest BCUT2D eigenvalue weighted by Gasteiger charge is -2.09. The molecule has 5 nitrogen and oxygen atoms in total. The summed E-state index contributed by atoms with van der Waals surface area (Å²) in [6.45, 7) is 0.369. The molecule has 0 unspecified atom stereocenters. The molecular weight excluding hydrogens is 350 g/mol. The van der Waals surface area contributed by atoms with Crippen LogP contribution in [0.1, 0.15) is 5.56 Å². The van der Waals surface area contributed by atoms with E-state index in [1.54, 1.807) is 12.1 Å². The summed E-state index contributed by atoms with van der Waals surface area (Å²) >= 11 is 6.18. The van der Waals surface area contributed by atoms with Gasteiger partial charge in [0, 0.05) is 18.2 Å². The Labute approximate surface area is 156 Å². The molecule has 6 heteroatoms. The van der Waals surface area contributed by atoms with Gasteiger partial charge >= 0.3 is 0 Å². The van der Waals surface area contributed by atoms with Gasteiger partial charge in [-0.2, -0.15) is 5.10 Å². The fourth-order valence-corrected chi connectivity index (χ4v) is 2.79. The molecule has 0 aliphatic rings. The minimum absolute atomic E-state index is 0.133. The van der Waals surface area contributed by atoms with Crippen LogP contribution in [0.2, 0.25) is 5.02 Å². The van der Waals surface area contributed by atoms with Gasteiger partial charge in [-0.15, -0.1) is 0 Å². The van der Waals surface area contributed by atoms with E-state index in [2.05, 4.69) is 10.4 Å². The number of carbonyl (C=O) groups is 1. The quantitative estimate of drug-likeness (QED) is 0.728. The first-order valence-electron chi connectivity index (χ1n) is 8.27. The summed E-state index contributed by atoms with van der Waals surface area (Å²) < 4.78 is 1.15. The molecule has 0 aliphatic carbocycles. The standard InChI is InChI=1S/C20H18ClN3O2/c21-17-9-5-4-8-16(17)18-10-11-20(26)24(23-18)14-19(25)22-13-12-15-6-2-1-3-7-15/h1-11H,12-14H2,(H,22,25). The highest BCUT2D eigenvalue weighted by molar-refractivity contribution is 6.33. The molecule has 2 aromatic carbocycles. The highest BCUT2D eigenvalue weighted by Crippen LogP contribution is 2.24. The summed E-state index contributed by atoms with van der Waals surface area (Å²) in [5, 5.41) is 7.62. The van der Waals surface area contributed by atoms with Gasteiger partial charge in [0.05, 0.1) is 10.7 Å². The molecule has 0 atom stereocenters. The number of carbonyl (C=O) groups excluding carboxylic acids is 1. The van der Waals surface area contributed by atoms with Crippen LogP contribution in [0.5, 0.6) is 0 Å². The number of amides is 1. The van der Waals surface area contributed by atoms with Crippen molar-refractivity contribution in [2.24, 2.45) is 0 Å². The van der Waals surface area contributed by atoms with Gasteiger partial charge in [0.15, 0.2) is 0 Å². The van der Waals surface area contributed by atoms with Crippen molar-refractivity contribution in [3.05, 3.63) is 87.7 Å². The SMILES string of the molecule is O=C(Cn1nc(-c2ccccc2Cl)ccc1=O)NCCc1ccccc1. The van der Waals surface area contributed by atoms with Crippen LogP contribution in [0.3, 0.4) is 0 Å². The molecule has 0 saturated heterocycles. The third kappa shape index (κ3) is 4.58. The van der Waals surface area contributed by atoms with Crippen LogP contribution in [0.15, 0.2) is 71.5 Å². The van der Waals surface area contributed by atoms with Crippen LogP contribution >= 0.6 is 11.6 Å². The van der Waals surface area contributed by atoms with E-state index in [-0.39, 0.29) is 18.0 Å². The molecule has 1 N–H and O–H groups in total. The summed E-state index contributed by atoms with van der Waals surface area (Å²) in [5.41, 5.74) is 2.07. The molecule has 3 rings (SSSR count). The smallest absolute Gasteiger partial charge is 0.267 e. The van der Waals surface area contributed by atoms with Gasteiger partial charge in [-0.05, 0) is 24.1 Å². The van der Waals surface area contributed by atoms with Crippen molar-refractivity contribution in [1.29, 1.82) is 0 Å². The summed E-state index contributed by atoms with van der Waals surface area (Å²) in [4.78, 5) is 24.1.